The molecule has 0 radical (unpaired) electrons. The molecule has 0 fully saturated rings. The van der Waals surface area contributed by atoms with E-state index in [0.717, 1.165) is 6.54 Å². The van der Waals surface area contributed by atoms with Crippen molar-refractivity contribution in [1.29, 1.82) is 0 Å². The SMILES string of the molecule is CC(C)CNCc1c(F)cccc1N(C)CC(F)F. The van der Waals surface area contributed by atoms with Crippen LogP contribution in [0.15, 0.2) is 18.2 Å². The molecule has 0 aliphatic heterocycles. The van der Waals surface area contributed by atoms with Crippen LogP contribution in [0.25, 0.3) is 0 Å². The summed E-state index contributed by atoms with van der Waals surface area (Å²) in [5, 5.41) is 3.14. The summed E-state index contributed by atoms with van der Waals surface area (Å²) in [6, 6.07) is 4.56. The Bertz CT molecular complexity index is 394. The Morgan fingerprint density at radius 2 is 1.95 bits per heavy atom. The maximum absolute atomic E-state index is 13.8. The number of rotatable bonds is 7. The van der Waals surface area contributed by atoms with Crippen molar-refractivity contribution < 1.29 is 13.2 Å². The van der Waals surface area contributed by atoms with E-state index < -0.39 is 13.0 Å². The molecule has 19 heavy (non-hydrogen) atoms. The van der Waals surface area contributed by atoms with E-state index in [1.54, 1.807) is 19.2 Å². The standard InChI is InChI=1S/C14H21F3N2/c1-10(2)7-18-8-11-12(15)5-4-6-13(11)19(3)9-14(16)17/h4-6,10,14,18H,7-9H2,1-3H3. The topological polar surface area (TPSA) is 15.3 Å². The van der Waals surface area contributed by atoms with Gasteiger partial charge in [0.15, 0.2) is 0 Å². The molecule has 0 amide bonds. The molecule has 1 aromatic rings. The molecule has 0 saturated heterocycles. The van der Waals surface area contributed by atoms with Crippen molar-refractivity contribution in [2.75, 3.05) is 25.0 Å². The number of hydrogen-bond acceptors (Lipinski definition) is 2. The van der Waals surface area contributed by atoms with Crippen LogP contribution in [0.4, 0.5) is 18.9 Å². The van der Waals surface area contributed by atoms with Gasteiger partial charge < -0.3 is 10.2 Å². The van der Waals surface area contributed by atoms with Crippen molar-refractivity contribution in [2.45, 2.75) is 26.8 Å². The van der Waals surface area contributed by atoms with Gasteiger partial charge in [0.05, 0.1) is 6.54 Å². The molecule has 0 heterocycles. The molecule has 2 nitrogen and oxygen atoms in total. The van der Waals surface area contributed by atoms with Crippen LogP contribution in [-0.4, -0.2) is 26.6 Å². The fourth-order valence-corrected chi connectivity index (χ4v) is 1.87. The van der Waals surface area contributed by atoms with Crippen molar-refractivity contribution in [3.8, 4) is 0 Å². The Hall–Kier alpha value is -1.23. The predicted molar refractivity (Wildman–Crippen MR) is 72.2 cm³/mol. The van der Waals surface area contributed by atoms with Gasteiger partial charge in [0, 0.05) is 24.8 Å². The summed E-state index contributed by atoms with van der Waals surface area (Å²) in [6.07, 6.45) is -2.44. The van der Waals surface area contributed by atoms with Crippen molar-refractivity contribution >= 4 is 5.69 Å². The first-order valence-electron chi connectivity index (χ1n) is 6.39. The largest absolute Gasteiger partial charge is 0.369 e. The second-order valence-electron chi connectivity index (χ2n) is 5.03. The highest BCUT2D eigenvalue weighted by atomic mass is 19.3. The molecule has 0 aliphatic rings. The van der Waals surface area contributed by atoms with Gasteiger partial charge in [-0.1, -0.05) is 19.9 Å². The van der Waals surface area contributed by atoms with Gasteiger partial charge in [-0.15, -0.1) is 0 Å². The molecule has 5 heteroatoms. The third kappa shape index (κ3) is 5.11. The maximum Gasteiger partial charge on any atom is 0.255 e. The predicted octanol–water partition coefficient (Wildman–Crippen LogP) is 3.27. The number of alkyl halides is 2. The summed E-state index contributed by atoms with van der Waals surface area (Å²) < 4.78 is 38.6. The molecule has 0 aliphatic carbocycles. The van der Waals surface area contributed by atoms with Crippen LogP contribution in [0.3, 0.4) is 0 Å². The van der Waals surface area contributed by atoms with Crippen LogP contribution in [0, 0.1) is 11.7 Å². The molecule has 1 N–H and O–H groups in total. The van der Waals surface area contributed by atoms with Crippen molar-refractivity contribution in [1.82, 2.24) is 5.32 Å². The molecule has 0 aromatic heterocycles. The van der Waals surface area contributed by atoms with E-state index in [2.05, 4.69) is 19.2 Å². The Morgan fingerprint density at radius 3 is 2.53 bits per heavy atom. The molecule has 108 valence electrons. The summed E-state index contributed by atoms with van der Waals surface area (Å²) in [4.78, 5) is 1.39. The summed E-state index contributed by atoms with van der Waals surface area (Å²) in [6.45, 7) is 4.80. The van der Waals surface area contributed by atoms with Crippen molar-refractivity contribution in [3.63, 3.8) is 0 Å². The van der Waals surface area contributed by atoms with Crippen LogP contribution in [0.1, 0.15) is 19.4 Å². The minimum absolute atomic E-state index is 0.341. The zero-order valence-corrected chi connectivity index (χ0v) is 11.6. The Morgan fingerprint density at radius 1 is 1.26 bits per heavy atom. The second-order valence-corrected chi connectivity index (χ2v) is 5.03. The van der Waals surface area contributed by atoms with Crippen LogP contribution in [-0.2, 0) is 6.54 Å². The first kappa shape index (κ1) is 15.8. The lowest BCUT2D eigenvalue weighted by Crippen LogP contribution is -2.27. The summed E-state index contributed by atoms with van der Waals surface area (Å²) in [7, 11) is 1.55. The first-order valence-corrected chi connectivity index (χ1v) is 6.39. The molecule has 0 bridgehead atoms. The van der Waals surface area contributed by atoms with Crippen molar-refractivity contribution in [3.05, 3.63) is 29.6 Å². The van der Waals surface area contributed by atoms with Gasteiger partial charge in [-0.3, -0.25) is 0 Å². The fourth-order valence-electron chi connectivity index (χ4n) is 1.87. The molecular weight excluding hydrogens is 253 g/mol. The van der Waals surface area contributed by atoms with E-state index in [-0.39, 0.29) is 5.82 Å². The van der Waals surface area contributed by atoms with Gasteiger partial charge in [-0.05, 0) is 24.6 Å². The zero-order chi connectivity index (χ0) is 14.4. The highest BCUT2D eigenvalue weighted by molar-refractivity contribution is 5.53. The maximum atomic E-state index is 13.8. The number of nitrogens with one attached hydrogen (secondary N) is 1. The van der Waals surface area contributed by atoms with E-state index >= 15 is 0 Å². The third-order valence-electron chi connectivity index (χ3n) is 2.77. The average Bonchev–Trinajstić information content (AvgIpc) is 2.29. The minimum atomic E-state index is -2.44. The normalized spacial score (nSPS) is 11.4. The second kappa shape index (κ2) is 7.38. The highest BCUT2D eigenvalue weighted by Crippen LogP contribution is 2.23. The molecule has 0 spiro atoms. The lowest BCUT2D eigenvalue weighted by molar-refractivity contribution is 0.156. The van der Waals surface area contributed by atoms with Gasteiger partial charge >= 0.3 is 0 Å². The van der Waals surface area contributed by atoms with E-state index in [9.17, 15) is 13.2 Å². The Balaban J connectivity index is 2.82. The van der Waals surface area contributed by atoms with Gasteiger partial charge in [0.25, 0.3) is 6.43 Å². The van der Waals surface area contributed by atoms with E-state index in [0.29, 0.717) is 23.7 Å². The van der Waals surface area contributed by atoms with Gasteiger partial charge in [0.2, 0.25) is 0 Å². The Kier molecular flexibility index (Phi) is 6.15. The number of nitrogens with zero attached hydrogens (tertiary/aromatic N) is 1. The average molecular weight is 274 g/mol. The summed E-state index contributed by atoms with van der Waals surface area (Å²) >= 11 is 0. The van der Waals surface area contributed by atoms with Crippen LogP contribution < -0.4 is 10.2 Å². The van der Waals surface area contributed by atoms with Crippen molar-refractivity contribution in [2.24, 2.45) is 5.92 Å². The minimum Gasteiger partial charge on any atom is -0.369 e. The van der Waals surface area contributed by atoms with Crippen LogP contribution >= 0.6 is 0 Å². The number of anilines is 1. The number of benzene rings is 1. The smallest absolute Gasteiger partial charge is 0.255 e. The summed E-state index contributed by atoms with van der Waals surface area (Å²) in [5.74, 6) is 0.0869. The zero-order valence-electron chi connectivity index (χ0n) is 11.6. The highest BCUT2D eigenvalue weighted by Gasteiger charge is 2.15. The lowest BCUT2D eigenvalue weighted by Gasteiger charge is -2.22. The Labute approximate surface area is 112 Å². The summed E-state index contributed by atoms with van der Waals surface area (Å²) in [5.41, 5.74) is 0.947. The van der Waals surface area contributed by atoms with Gasteiger partial charge in [-0.25, -0.2) is 13.2 Å². The third-order valence-corrected chi connectivity index (χ3v) is 2.77. The molecular formula is C14H21F3N2. The van der Waals surface area contributed by atoms with Gasteiger partial charge in [-0.2, -0.15) is 0 Å². The number of hydrogen-bond donors (Lipinski definition) is 1. The quantitative estimate of drug-likeness (QED) is 0.821. The first-order chi connectivity index (χ1) is 8.91. The monoisotopic (exact) mass is 274 g/mol. The number of halogens is 3. The molecule has 0 atom stereocenters. The van der Waals surface area contributed by atoms with E-state index in [1.165, 1.54) is 11.0 Å². The molecule has 1 aromatic carbocycles. The lowest BCUT2D eigenvalue weighted by atomic mass is 10.1. The molecule has 1 rings (SSSR count). The fraction of sp³-hybridized carbons (Fsp3) is 0.571. The molecule has 0 unspecified atom stereocenters. The van der Waals surface area contributed by atoms with E-state index in [4.69, 9.17) is 0 Å². The van der Waals surface area contributed by atoms with Crippen LogP contribution in [0.2, 0.25) is 0 Å². The molecule has 0 saturated carbocycles. The van der Waals surface area contributed by atoms with Crippen LogP contribution in [0.5, 0.6) is 0 Å². The van der Waals surface area contributed by atoms with E-state index in [1.807, 2.05) is 0 Å². The van der Waals surface area contributed by atoms with Gasteiger partial charge in [0.1, 0.15) is 5.82 Å².